The van der Waals surface area contributed by atoms with Crippen molar-refractivity contribution in [3.05, 3.63) is 58.9 Å². The fourth-order valence-electron chi connectivity index (χ4n) is 2.58. The molecule has 7 nitrogen and oxygen atoms in total. The van der Waals surface area contributed by atoms with Gasteiger partial charge in [0.05, 0.1) is 0 Å². The number of nitrogens with zero attached hydrogens (tertiary/aromatic N) is 4. The summed E-state index contributed by atoms with van der Waals surface area (Å²) in [6, 6.07) is 12.7. The number of nitrogens with one attached hydrogen (secondary N) is 1. The van der Waals surface area contributed by atoms with E-state index in [9.17, 15) is 4.79 Å². The average molecular weight is 414 g/mol. The van der Waals surface area contributed by atoms with E-state index in [2.05, 4.69) is 20.6 Å². The number of ether oxygens (including phenoxy) is 1. The third-order valence-corrected chi connectivity index (χ3v) is 5.43. The van der Waals surface area contributed by atoms with Crippen LogP contribution in [0.4, 0.5) is 5.69 Å². The molecule has 9 heteroatoms. The lowest BCUT2D eigenvalue weighted by Gasteiger charge is -2.09. The number of aryl methyl sites for hydroxylation is 2. The third kappa shape index (κ3) is 3.83. The highest BCUT2D eigenvalue weighted by atomic mass is 35.5. The van der Waals surface area contributed by atoms with Crippen molar-refractivity contribution in [1.29, 1.82) is 0 Å². The third-order valence-electron chi connectivity index (χ3n) is 4.06. The van der Waals surface area contributed by atoms with Gasteiger partial charge in [-0.15, -0.1) is 10.2 Å². The number of carbonyl (C=O) groups is 1. The Morgan fingerprint density at radius 2 is 1.96 bits per heavy atom. The number of fused-ring (bicyclic) bond motifs is 1. The molecule has 2 aromatic heterocycles. The highest BCUT2D eigenvalue weighted by Crippen LogP contribution is 2.26. The number of hydrogen-bond acceptors (Lipinski definition) is 6. The molecule has 2 heterocycles. The van der Waals surface area contributed by atoms with Gasteiger partial charge in [0.2, 0.25) is 4.96 Å². The van der Waals surface area contributed by atoms with Gasteiger partial charge in [-0.25, -0.2) is 0 Å². The Hall–Kier alpha value is -2.97. The molecule has 0 fully saturated rings. The van der Waals surface area contributed by atoms with Gasteiger partial charge in [0.25, 0.3) is 5.91 Å². The lowest BCUT2D eigenvalue weighted by molar-refractivity contribution is -0.118. The van der Waals surface area contributed by atoms with Gasteiger partial charge in [-0.05, 0) is 61.9 Å². The maximum absolute atomic E-state index is 12.1. The Balaban J connectivity index is 1.38. The predicted octanol–water partition coefficient (Wildman–Crippen LogP) is 4.14. The molecule has 142 valence electrons. The second kappa shape index (κ2) is 7.57. The van der Waals surface area contributed by atoms with Crippen LogP contribution in [-0.4, -0.2) is 32.3 Å². The Bertz CT molecular complexity index is 1150. The van der Waals surface area contributed by atoms with Crippen molar-refractivity contribution in [2.45, 2.75) is 13.8 Å². The average Bonchev–Trinajstić information content (AvgIpc) is 3.26. The summed E-state index contributed by atoms with van der Waals surface area (Å²) in [7, 11) is 0. The number of anilines is 1. The number of halogens is 1. The maximum atomic E-state index is 12.1. The summed E-state index contributed by atoms with van der Waals surface area (Å²) >= 11 is 7.45. The first-order valence-electron chi connectivity index (χ1n) is 8.48. The van der Waals surface area contributed by atoms with Crippen molar-refractivity contribution in [2.24, 2.45) is 0 Å². The van der Waals surface area contributed by atoms with Crippen LogP contribution in [0.15, 0.2) is 42.5 Å². The van der Waals surface area contributed by atoms with E-state index in [1.165, 1.54) is 11.3 Å². The van der Waals surface area contributed by atoms with Crippen LogP contribution in [0.5, 0.6) is 5.75 Å². The molecule has 0 atom stereocenters. The van der Waals surface area contributed by atoms with Crippen molar-refractivity contribution in [3.63, 3.8) is 0 Å². The zero-order valence-corrected chi connectivity index (χ0v) is 16.7. The first-order valence-corrected chi connectivity index (χ1v) is 9.67. The second-order valence-corrected chi connectivity index (χ2v) is 7.54. The molecule has 0 saturated heterocycles. The second-order valence-electron chi connectivity index (χ2n) is 6.17. The SMILES string of the molecule is Cc1cc(OCC(=O)Nc2ccc(-c3nn4c(C)nnc4s3)cc2)ccc1Cl. The molecule has 1 amide bonds. The number of benzene rings is 2. The minimum Gasteiger partial charge on any atom is -0.484 e. The Morgan fingerprint density at radius 3 is 2.68 bits per heavy atom. The number of rotatable bonds is 5. The van der Waals surface area contributed by atoms with Gasteiger partial charge < -0.3 is 10.1 Å². The molecule has 0 radical (unpaired) electrons. The molecule has 0 aliphatic heterocycles. The van der Waals surface area contributed by atoms with Gasteiger partial charge in [-0.2, -0.15) is 9.61 Å². The standard InChI is InChI=1S/C19H16ClN5O2S/c1-11-9-15(7-8-16(11)20)27-10-17(26)21-14-5-3-13(4-6-14)18-24-25-12(2)22-23-19(25)28-18/h3-9H,10H2,1-2H3,(H,21,26). The molecule has 4 aromatic rings. The van der Waals surface area contributed by atoms with E-state index in [4.69, 9.17) is 16.3 Å². The van der Waals surface area contributed by atoms with Crippen LogP contribution >= 0.6 is 22.9 Å². The number of carbonyl (C=O) groups excluding carboxylic acids is 1. The summed E-state index contributed by atoms with van der Waals surface area (Å²) in [5, 5.41) is 16.9. The first-order chi connectivity index (χ1) is 13.5. The zero-order chi connectivity index (χ0) is 19.7. The summed E-state index contributed by atoms with van der Waals surface area (Å²) in [5.74, 6) is 1.11. The van der Waals surface area contributed by atoms with Crippen molar-refractivity contribution in [1.82, 2.24) is 19.8 Å². The Morgan fingerprint density at radius 1 is 1.18 bits per heavy atom. The highest BCUT2D eigenvalue weighted by Gasteiger charge is 2.11. The quantitative estimate of drug-likeness (QED) is 0.531. The van der Waals surface area contributed by atoms with Crippen LogP contribution in [0.2, 0.25) is 5.02 Å². The van der Waals surface area contributed by atoms with Crippen LogP contribution in [0.1, 0.15) is 11.4 Å². The minimum atomic E-state index is -0.241. The van der Waals surface area contributed by atoms with Gasteiger partial charge in [-0.3, -0.25) is 4.79 Å². The molecule has 4 rings (SSSR count). The van der Waals surface area contributed by atoms with Crippen molar-refractivity contribution in [2.75, 3.05) is 11.9 Å². The lowest BCUT2D eigenvalue weighted by atomic mass is 10.2. The van der Waals surface area contributed by atoms with E-state index >= 15 is 0 Å². The smallest absolute Gasteiger partial charge is 0.262 e. The molecule has 0 aliphatic carbocycles. The number of aromatic nitrogens is 4. The molecule has 1 N–H and O–H groups in total. The van der Waals surface area contributed by atoms with Gasteiger partial charge >= 0.3 is 0 Å². The predicted molar refractivity (Wildman–Crippen MR) is 109 cm³/mol. The van der Waals surface area contributed by atoms with Crippen LogP contribution in [0.25, 0.3) is 15.5 Å². The van der Waals surface area contributed by atoms with Crippen LogP contribution in [0.3, 0.4) is 0 Å². The van der Waals surface area contributed by atoms with Crippen LogP contribution in [0, 0.1) is 13.8 Å². The van der Waals surface area contributed by atoms with Crippen LogP contribution in [-0.2, 0) is 4.79 Å². The van der Waals surface area contributed by atoms with E-state index in [0.29, 0.717) is 16.5 Å². The fourth-order valence-corrected chi connectivity index (χ4v) is 3.59. The first kappa shape index (κ1) is 18.4. The Kier molecular flexibility index (Phi) is 4.97. The van der Waals surface area contributed by atoms with Crippen molar-refractivity contribution in [3.8, 4) is 16.3 Å². The Labute approximate surface area is 169 Å². The molecular weight excluding hydrogens is 398 g/mol. The topological polar surface area (TPSA) is 81.4 Å². The summed E-state index contributed by atoms with van der Waals surface area (Å²) in [6.45, 7) is 3.66. The zero-order valence-electron chi connectivity index (χ0n) is 15.1. The molecule has 28 heavy (non-hydrogen) atoms. The van der Waals surface area contributed by atoms with E-state index in [0.717, 1.165) is 26.9 Å². The van der Waals surface area contributed by atoms with Crippen LogP contribution < -0.4 is 10.1 Å². The molecule has 0 unspecified atom stereocenters. The largest absolute Gasteiger partial charge is 0.484 e. The highest BCUT2D eigenvalue weighted by molar-refractivity contribution is 7.19. The lowest BCUT2D eigenvalue weighted by Crippen LogP contribution is -2.20. The summed E-state index contributed by atoms with van der Waals surface area (Å²) in [5.41, 5.74) is 2.53. The molecule has 0 spiro atoms. The van der Waals surface area contributed by atoms with E-state index in [1.54, 1.807) is 22.7 Å². The van der Waals surface area contributed by atoms with Crippen molar-refractivity contribution < 1.29 is 9.53 Å². The fraction of sp³-hybridized carbons (Fsp3) is 0.158. The summed E-state index contributed by atoms with van der Waals surface area (Å²) in [6.07, 6.45) is 0. The summed E-state index contributed by atoms with van der Waals surface area (Å²) < 4.78 is 7.22. The maximum Gasteiger partial charge on any atom is 0.262 e. The van der Waals surface area contributed by atoms with E-state index in [1.807, 2.05) is 38.1 Å². The van der Waals surface area contributed by atoms with E-state index in [-0.39, 0.29) is 12.5 Å². The molecule has 2 aromatic carbocycles. The van der Waals surface area contributed by atoms with Gasteiger partial charge in [0.1, 0.15) is 10.8 Å². The minimum absolute atomic E-state index is 0.0845. The molecule has 0 saturated carbocycles. The van der Waals surface area contributed by atoms with Gasteiger partial charge in [-0.1, -0.05) is 22.9 Å². The molecule has 0 aliphatic rings. The normalized spacial score (nSPS) is 11.0. The van der Waals surface area contributed by atoms with Gasteiger partial charge in [0.15, 0.2) is 12.4 Å². The summed E-state index contributed by atoms with van der Waals surface area (Å²) in [4.78, 5) is 12.9. The number of hydrogen-bond donors (Lipinski definition) is 1. The van der Waals surface area contributed by atoms with Crippen molar-refractivity contribution >= 4 is 39.5 Å². The monoisotopic (exact) mass is 413 g/mol. The van der Waals surface area contributed by atoms with E-state index < -0.39 is 0 Å². The molecule has 0 bridgehead atoms. The molecular formula is C19H16ClN5O2S. The van der Waals surface area contributed by atoms with Gasteiger partial charge in [0, 0.05) is 16.3 Å². The number of amides is 1.